The average molecular weight is 368 g/mol. The molecule has 7 nitrogen and oxygen atoms in total. The Hall–Kier alpha value is -0.280. The predicted octanol–water partition coefficient (Wildman–Crippen LogP) is 1.74. The Morgan fingerprint density at radius 2 is 0.880 bits per heavy atom. The van der Waals surface area contributed by atoms with Crippen molar-refractivity contribution in [1.29, 1.82) is 0 Å². The van der Waals surface area contributed by atoms with Crippen LogP contribution in [-0.4, -0.2) is 92.9 Å². The molecule has 0 aliphatic carbocycles. The summed E-state index contributed by atoms with van der Waals surface area (Å²) in [7, 11) is 1.65. The number of nitrogens with one attached hydrogen (secondary N) is 1. The zero-order valence-corrected chi connectivity index (χ0v) is 16.8. The van der Waals surface area contributed by atoms with Gasteiger partial charge in [-0.2, -0.15) is 0 Å². The van der Waals surface area contributed by atoms with Gasteiger partial charge in [-0.1, -0.05) is 20.8 Å². The van der Waals surface area contributed by atoms with E-state index >= 15 is 0 Å². The summed E-state index contributed by atoms with van der Waals surface area (Å²) in [5.41, 5.74) is 0. The average Bonchev–Trinajstić information content (AvgIpc) is 2.65. The van der Waals surface area contributed by atoms with Gasteiger partial charge in [-0.05, 0) is 13.0 Å². The van der Waals surface area contributed by atoms with E-state index in [0.717, 1.165) is 26.1 Å². The maximum absolute atomic E-state index is 5.42. The first kappa shape index (κ1) is 26.9. The van der Waals surface area contributed by atoms with Gasteiger partial charge in [-0.25, -0.2) is 0 Å². The molecule has 0 atom stereocenters. The fourth-order valence-corrected chi connectivity index (χ4v) is 1.57. The third-order valence-electron chi connectivity index (χ3n) is 2.77. The van der Waals surface area contributed by atoms with E-state index in [4.69, 9.17) is 28.4 Å². The standard InChI is InChI=1S/C16H35NO6.C2H6/c1-3-4-17-5-6-19-9-10-21-13-14-23-16-15-22-12-11-20-8-7-18-2;1-2/h17H,3-16H2,1-2H3;1-2H3. The van der Waals surface area contributed by atoms with Gasteiger partial charge < -0.3 is 33.7 Å². The summed E-state index contributed by atoms with van der Waals surface area (Å²) in [6.07, 6.45) is 1.15. The van der Waals surface area contributed by atoms with Crippen LogP contribution in [0, 0.1) is 0 Å². The molecule has 0 saturated carbocycles. The van der Waals surface area contributed by atoms with Gasteiger partial charge in [0.1, 0.15) is 0 Å². The van der Waals surface area contributed by atoms with Crippen LogP contribution in [0.3, 0.4) is 0 Å². The van der Waals surface area contributed by atoms with Crippen LogP contribution in [0.5, 0.6) is 0 Å². The Kier molecular flexibility index (Phi) is 30.7. The second-order valence-corrected chi connectivity index (χ2v) is 4.80. The lowest BCUT2D eigenvalue weighted by atomic mass is 10.5. The van der Waals surface area contributed by atoms with Crippen LogP contribution in [0.2, 0.25) is 0 Å². The second kappa shape index (κ2) is 28.5. The highest BCUT2D eigenvalue weighted by atomic mass is 16.6. The van der Waals surface area contributed by atoms with E-state index in [1.165, 1.54) is 0 Å². The van der Waals surface area contributed by atoms with E-state index in [1.807, 2.05) is 13.8 Å². The lowest BCUT2D eigenvalue weighted by molar-refractivity contribution is -0.0144. The van der Waals surface area contributed by atoms with Gasteiger partial charge >= 0.3 is 0 Å². The number of methoxy groups -OCH3 is 1. The normalized spacial score (nSPS) is 10.6. The lowest BCUT2D eigenvalue weighted by Crippen LogP contribution is -2.21. The number of hydrogen-bond acceptors (Lipinski definition) is 7. The van der Waals surface area contributed by atoms with Gasteiger partial charge in [0, 0.05) is 13.7 Å². The van der Waals surface area contributed by atoms with Crippen LogP contribution < -0.4 is 5.32 Å². The van der Waals surface area contributed by atoms with Crippen molar-refractivity contribution in [2.75, 3.05) is 92.9 Å². The van der Waals surface area contributed by atoms with Crippen molar-refractivity contribution in [3.63, 3.8) is 0 Å². The maximum atomic E-state index is 5.42. The fraction of sp³-hybridized carbons (Fsp3) is 1.00. The molecule has 0 aromatic rings. The van der Waals surface area contributed by atoms with Crippen molar-refractivity contribution in [1.82, 2.24) is 5.32 Å². The topological polar surface area (TPSA) is 67.4 Å². The summed E-state index contributed by atoms with van der Waals surface area (Å²) in [5.74, 6) is 0. The summed E-state index contributed by atoms with van der Waals surface area (Å²) in [5, 5.41) is 3.28. The minimum absolute atomic E-state index is 0.570. The Bertz CT molecular complexity index is 190. The van der Waals surface area contributed by atoms with Gasteiger partial charge in [0.15, 0.2) is 0 Å². The summed E-state index contributed by atoms with van der Waals surface area (Å²) in [4.78, 5) is 0. The molecule has 0 aliphatic rings. The first-order valence-corrected chi connectivity index (χ1v) is 9.50. The molecule has 0 bridgehead atoms. The Morgan fingerprint density at radius 1 is 0.520 bits per heavy atom. The number of rotatable bonds is 20. The summed E-state index contributed by atoms with van der Waals surface area (Å²) in [6, 6.07) is 0. The second-order valence-electron chi connectivity index (χ2n) is 4.80. The summed E-state index contributed by atoms with van der Waals surface area (Å²) in [6.45, 7) is 14.7. The van der Waals surface area contributed by atoms with Crippen LogP contribution in [0.1, 0.15) is 27.2 Å². The molecule has 7 heteroatoms. The van der Waals surface area contributed by atoms with E-state index in [2.05, 4.69) is 12.2 Å². The lowest BCUT2D eigenvalue weighted by Gasteiger charge is -2.08. The van der Waals surface area contributed by atoms with Gasteiger partial charge in [-0.3, -0.25) is 0 Å². The molecular weight excluding hydrogens is 326 g/mol. The van der Waals surface area contributed by atoms with Crippen LogP contribution >= 0.6 is 0 Å². The highest BCUT2D eigenvalue weighted by Gasteiger charge is 1.93. The highest BCUT2D eigenvalue weighted by Crippen LogP contribution is 1.84. The molecule has 25 heavy (non-hydrogen) atoms. The fourth-order valence-electron chi connectivity index (χ4n) is 1.57. The molecule has 0 fully saturated rings. The third kappa shape index (κ3) is 28.8. The molecule has 1 N–H and O–H groups in total. The monoisotopic (exact) mass is 367 g/mol. The van der Waals surface area contributed by atoms with Crippen LogP contribution in [0.4, 0.5) is 0 Å². The first-order chi connectivity index (χ1) is 12.4. The Balaban J connectivity index is 0. The quantitative estimate of drug-likeness (QED) is 0.329. The predicted molar refractivity (Wildman–Crippen MR) is 100 cm³/mol. The van der Waals surface area contributed by atoms with Gasteiger partial charge in [0.25, 0.3) is 0 Å². The molecular formula is C18H41NO6. The summed E-state index contributed by atoms with van der Waals surface area (Å²) >= 11 is 0. The Labute approximate surface area is 154 Å². The van der Waals surface area contributed by atoms with Crippen LogP contribution in [0.25, 0.3) is 0 Å². The van der Waals surface area contributed by atoms with Crippen molar-refractivity contribution >= 4 is 0 Å². The van der Waals surface area contributed by atoms with E-state index in [9.17, 15) is 0 Å². The van der Waals surface area contributed by atoms with Crippen molar-refractivity contribution in [3.05, 3.63) is 0 Å². The van der Waals surface area contributed by atoms with E-state index in [1.54, 1.807) is 7.11 Å². The molecule has 154 valence electrons. The van der Waals surface area contributed by atoms with Gasteiger partial charge in [0.2, 0.25) is 0 Å². The minimum Gasteiger partial charge on any atom is -0.382 e. The molecule has 0 radical (unpaired) electrons. The van der Waals surface area contributed by atoms with Gasteiger partial charge in [0.05, 0.1) is 72.7 Å². The molecule has 0 unspecified atom stereocenters. The number of ether oxygens (including phenoxy) is 6. The molecule has 0 aromatic carbocycles. The highest BCUT2D eigenvalue weighted by molar-refractivity contribution is 4.43. The molecule has 0 heterocycles. The van der Waals surface area contributed by atoms with Crippen LogP contribution in [-0.2, 0) is 28.4 Å². The molecule has 0 aliphatic heterocycles. The Morgan fingerprint density at radius 3 is 1.24 bits per heavy atom. The first-order valence-electron chi connectivity index (χ1n) is 9.50. The summed E-state index contributed by atoms with van der Waals surface area (Å²) < 4.78 is 31.7. The minimum atomic E-state index is 0.570. The van der Waals surface area contributed by atoms with Crippen molar-refractivity contribution in [2.24, 2.45) is 0 Å². The SMILES string of the molecule is CC.CCCNCCOCCOCCOCCOCCOCCOC. The molecule has 0 rings (SSSR count). The maximum Gasteiger partial charge on any atom is 0.0701 e. The van der Waals surface area contributed by atoms with Crippen LogP contribution in [0.15, 0.2) is 0 Å². The van der Waals surface area contributed by atoms with Crippen molar-refractivity contribution < 1.29 is 28.4 Å². The molecule has 0 aromatic heterocycles. The third-order valence-corrected chi connectivity index (χ3v) is 2.77. The van der Waals surface area contributed by atoms with E-state index < -0.39 is 0 Å². The van der Waals surface area contributed by atoms with Gasteiger partial charge in [-0.15, -0.1) is 0 Å². The van der Waals surface area contributed by atoms with Crippen molar-refractivity contribution in [2.45, 2.75) is 27.2 Å². The molecule has 0 spiro atoms. The zero-order valence-electron chi connectivity index (χ0n) is 16.8. The smallest absolute Gasteiger partial charge is 0.0701 e. The van der Waals surface area contributed by atoms with E-state index in [0.29, 0.717) is 66.1 Å². The largest absolute Gasteiger partial charge is 0.382 e. The van der Waals surface area contributed by atoms with E-state index in [-0.39, 0.29) is 0 Å². The van der Waals surface area contributed by atoms with Crippen molar-refractivity contribution in [3.8, 4) is 0 Å². The molecule has 0 amide bonds. The molecule has 0 saturated heterocycles. The number of hydrogen-bond donors (Lipinski definition) is 1. The zero-order chi connectivity index (χ0) is 18.8.